The van der Waals surface area contributed by atoms with E-state index in [1.165, 1.54) is 0 Å². The molecule has 1 N–H and O–H groups in total. The van der Waals surface area contributed by atoms with Crippen LogP contribution in [0.25, 0.3) is 0 Å². The zero-order chi connectivity index (χ0) is 12.1. The van der Waals surface area contributed by atoms with Crippen molar-refractivity contribution in [2.75, 3.05) is 0 Å². The predicted molar refractivity (Wildman–Crippen MR) is 68.8 cm³/mol. The summed E-state index contributed by atoms with van der Waals surface area (Å²) in [5.41, 5.74) is 0. The van der Waals surface area contributed by atoms with Gasteiger partial charge in [-0.25, -0.2) is 0 Å². The third-order valence-electron chi connectivity index (χ3n) is 4.60. The van der Waals surface area contributed by atoms with Crippen molar-refractivity contribution >= 4 is 8.32 Å². The average molecular weight is 240 g/mol. The minimum absolute atomic E-state index is 0.176. The normalized spacial score (nSPS) is 38.4. The van der Waals surface area contributed by atoms with E-state index in [0.717, 1.165) is 6.42 Å². The molecule has 0 aromatic heterocycles. The molecule has 3 heteroatoms. The van der Waals surface area contributed by atoms with Gasteiger partial charge >= 0.3 is 0 Å². The fourth-order valence-corrected chi connectivity index (χ4v) is 3.72. The Labute approximate surface area is 99.8 Å². The summed E-state index contributed by atoms with van der Waals surface area (Å²) in [6.07, 6.45) is 5.23. The van der Waals surface area contributed by atoms with Crippen molar-refractivity contribution in [2.45, 2.75) is 57.5 Å². The molecule has 1 saturated carbocycles. The van der Waals surface area contributed by atoms with Gasteiger partial charge in [0.2, 0.25) is 0 Å². The smallest absolute Gasteiger partial charge is 0.192 e. The summed E-state index contributed by atoms with van der Waals surface area (Å²) in [6.45, 7) is 11.4. The molecule has 2 aliphatic carbocycles. The topological polar surface area (TPSA) is 29.5 Å². The number of hydrogen-bond donors (Lipinski definition) is 1. The molecule has 0 saturated heterocycles. The van der Waals surface area contributed by atoms with E-state index in [2.05, 4.69) is 46.0 Å². The van der Waals surface area contributed by atoms with Gasteiger partial charge in [0.05, 0.1) is 12.2 Å². The highest BCUT2D eigenvalue weighted by atomic mass is 28.4. The molecule has 1 fully saturated rings. The zero-order valence-corrected chi connectivity index (χ0v) is 12.0. The molecule has 16 heavy (non-hydrogen) atoms. The molecule has 0 unspecified atom stereocenters. The molecule has 92 valence electrons. The van der Waals surface area contributed by atoms with E-state index >= 15 is 0 Å². The standard InChI is InChI=1S/C13H24O2Si/c1-13(2,3)16(4,5)15-12-8-11(14)9-6-7-10(9)12/h6-7,9-12,14H,8H2,1-5H3/t9-,10+,11+,12-/m1/s1. The average Bonchev–Trinajstić information content (AvgIpc) is 2.15. The Morgan fingerprint density at radius 2 is 1.75 bits per heavy atom. The first-order valence-electron chi connectivity index (χ1n) is 6.26. The van der Waals surface area contributed by atoms with Gasteiger partial charge in [-0.15, -0.1) is 0 Å². The Balaban J connectivity index is 2.04. The lowest BCUT2D eigenvalue weighted by molar-refractivity contribution is 0.132. The van der Waals surface area contributed by atoms with Crippen molar-refractivity contribution in [1.82, 2.24) is 0 Å². The van der Waals surface area contributed by atoms with Crippen LogP contribution >= 0.6 is 0 Å². The van der Waals surface area contributed by atoms with Gasteiger partial charge in [0, 0.05) is 11.8 Å². The van der Waals surface area contributed by atoms with Crippen LogP contribution < -0.4 is 0 Å². The van der Waals surface area contributed by atoms with Crippen LogP contribution in [0, 0.1) is 11.8 Å². The lowest BCUT2D eigenvalue weighted by atomic mass is 9.84. The van der Waals surface area contributed by atoms with Gasteiger partial charge in [-0.3, -0.25) is 0 Å². The highest BCUT2D eigenvalue weighted by molar-refractivity contribution is 6.74. The van der Waals surface area contributed by atoms with Crippen molar-refractivity contribution in [3.8, 4) is 0 Å². The first-order chi connectivity index (χ1) is 7.22. The Bertz CT molecular complexity index is 304. The molecular weight excluding hydrogens is 216 g/mol. The highest BCUT2D eigenvalue weighted by Crippen LogP contribution is 2.46. The number of aliphatic hydroxyl groups excluding tert-OH is 1. The van der Waals surface area contributed by atoms with E-state index in [4.69, 9.17) is 4.43 Å². The lowest BCUT2D eigenvalue weighted by Crippen LogP contribution is -2.45. The first kappa shape index (κ1) is 12.3. The van der Waals surface area contributed by atoms with Gasteiger partial charge in [0.1, 0.15) is 0 Å². The van der Waals surface area contributed by atoms with Crippen molar-refractivity contribution in [2.24, 2.45) is 11.8 Å². The molecule has 2 nitrogen and oxygen atoms in total. The number of rotatable bonds is 2. The van der Waals surface area contributed by atoms with E-state index in [9.17, 15) is 5.11 Å². The van der Waals surface area contributed by atoms with Gasteiger partial charge in [-0.1, -0.05) is 32.9 Å². The Morgan fingerprint density at radius 3 is 2.12 bits per heavy atom. The molecule has 0 spiro atoms. The summed E-state index contributed by atoms with van der Waals surface area (Å²) in [4.78, 5) is 0. The lowest BCUT2D eigenvalue weighted by Gasteiger charge is -2.40. The predicted octanol–water partition coefficient (Wildman–Crippen LogP) is 2.94. The molecular formula is C13H24O2Si. The largest absolute Gasteiger partial charge is 0.413 e. The van der Waals surface area contributed by atoms with E-state index in [1.54, 1.807) is 0 Å². The summed E-state index contributed by atoms with van der Waals surface area (Å²) in [5, 5.41) is 10.1. The molecule has 0 aliphatic heterocycles. The molecule has 0 aromatic rings. The Hall–Kier alpha value is -0.123. The second-order valence-corrected chi connectivity index (χ2v) is 11.5. The molecule has 0 bridgehead atoms. The maximum absolute atomic E-state index is 9.87. The van der Waals surface area contributed by atoms with Crippen LogP contribution in [-0.4, -0.2) is 25.6 Å². The van der Waals surface area contributed by atoms with Crippen LogP contribution in [0.15, 0.2) is 12.2 Å². The van der Waals surface area contributed by atoms with Gasteiger partial charge in [-0.05, 0) is 24.6 Å². The molecule has 4 atom stereocenters. The van der Waals surface area contributed by atoms with Gasteiger partial charge in [-0.2, -0.15) is 0 Å². The fraction of sp³-hybridized carbons (Fsp3) is 0.846. The number of aliphatic hydroxyl groups is 1. The van der Waals surface area contributed by atoms with Crippen molar-refractivity contribution in [3.05, 3.63) is 12.2 Å². The Kier molecular flexibility index (Phi) is 2.84. The molecule has 0 aromatic carbocycles. The summed E-state index contributed by atoms with van der Waals surface area (Å²) in [6, 6.07) is 0. The number of hydrogen-bond acceptors (Lipinski definition) is 2. The maximum Gasteiger partial charge on any atom is 0.192 e. The maximum atomic E-state index is 9.87. The zero-order valence-electron chi connectivity index (χ0n) is 11.0. The minimum Gasteiger partial charge on any atom is -0.413 e. The van der Waals surface area contributed by atoms with Gasteiger partial charge < -0.3 is 9.53 Å². The summed E-state index contributed by atoms with van der Waals surface area (Å²) < 4.78 is 6.40. The fourth-order valence-electron chi connectivity index (χ4n) is 2.36. The van der Waals surface area contributed by atoms with Crippen LogP contribution in [0.3, 0.4) is 0 Å². The summed E-state index contributed by atoms with van der Waals surface area (Å²) >= 11 is 0. The summed E-state index contributed by atoms with van der Waals surface area (Å²) in [7, 11) is -1.68. The van der Waals surface area contributed by atoms with Gasteiger partial charge in [0.25, 0.3) is 0 Å². The quantitative estimate of drug-likeness (QED) is 0.594. The molecule has 0 heterocycles. The minimum atomic E-state index is -1.68. The van der Waals surface area contributed by atoms with E-state index in [0.29, 0.717) is 11.8 Å². The van der Waals surface area contributed by atoms with Crippen molar-refractivity contribution in [1.29, 1.82) is 0 Å². The SMILES string of the molecule is CC(C)(C)[Si](C)(C)O[C@@H]1C[C@H](O)[C@@H]2C=C[C@@H]21. The monoisotopic (exact) mass is 240 g/mol. The number of fused-ring (bicyclic) bond motifs is 1. The molecule has 2 rings (SSSR count). The van der Waals surface area contributed by atoms with E-state index < -0.39 is 8.32 Å². The van der Waals surface area contributed by atoms with Crippen molar-refractivity contribution < 1.29 is 9.53 Å². The van der Waals surface area contributed by atoms with Crippen LogP contribution in [0.5, 0.6) is 0 Å². The second-order valence-electron chi connectivity index (χ2n) is 6.76. The van der Waals surface area contributed by atoms with E-state index in [-0.39, 0.29) is 17.2 Å². The van der Waals surface area contributed by atoms with Crippen molar-refractivity contribution in [3.63, 3.8) is 0 Å². The molecule has 0 radical (unpaired) electrons. The van der Waals surface area contributed by atoms with Gasteiger partial charge in [0.15, 0.2) is 8.32 Å². The third kappa shape index (κ3) is 1.89. The first-order valence-corrected chi connectivity index (χ1v) is 9.17. The van der Waals surface area contributed by atoms with Crippen LogP contribution in [0.4, 0.5) is 0 Å². The highest BCUT2D eigenvalue weighted by Gasteiger charge is 2.48. The van der Waals surface area contributed by atoms with Crippen LogP contribution in [0.1, 0.15) is 27.2 Å². The van der Waals surface area contributed by atoms with E-state index in [1.807, 2.05) is 0 Å². The molecule has 2 aliphatic rings. The summed E-state index contributed by atoms with van der Waals surface area (Å²) in [5.74, 6) is 0.846. The second kappa shape index (κ2) is 3.69. The third-order valence-corrected chi connectivity index (χ3v) is 9.10. The molecule has 0 amide bonds. The Morgan fingerprint density at radius 1 is 1.19 bits per heavy atom. The van der Waals surface area contributed by atoms with Crippen LogP contribution in [0.2, 0.25) is 18.1 Å². The van der Waals surface area contributed by atoms with Crippen LogP contribution in [-0.2, 0) is 4.43 Å².